The van der Waals surface area contributed by atoms with Crippen molar-refractivity contribution < 1.29 is 32.9 Å². The van der Waals surface area contributed by atoms with E-state index in [-0.39, 0.29) is 18.7 Å². The molecule has 0 saturated carbocycles. The van der Waals surface area contributed by atoms with E-state index in [1.54, 1.807) is 38.8 Å². The molecule has 0 atom stereocenters. The van der Waals surface area contributed by atoms with E-state index in [4.69, 9.17) is 18.9 Å². The highest BCUT2D eigenvalue weighted by Gasteiger charge is 2.16. The lowest BCUT2D eigenvalue weighted by Gasteiger charge is -2.17. The monoisotopic (exact) mass is 488 g/mol. The van der Waals surface area contributed by atoms with Crippen molar-refractivity contribution in [2.75, 3.05) is 35.0 Å². The second kappa shape index (κ2) is 11.5. The predicted octanol–water partition coefficient (Wildman–Crippen LogP) is 3.72. The smallest absolute Gasteiger partial charge is 0.312 e. The van der Waals surface area contributed by atoms with Gasteiger partial charge in [-0.2, -0.15) is 0 Å². The average molecular weight is 489 g/mol. The van der Waals surface area contributed by atoms with Crippen LogP contribution in [0.25, 0.3) is 10.6 Å². The van der Waals surface area contributed by atoms with Crippen LogP contribution in [0, 0.1) is 5.82 Å². The molecule has 0 aliphatic carbocycles. The Kier molecular flexibility index (Phi) is 8.42. The van der Waals surface area contributed by atoms with Crippen molar-refractivity contribution in [2.45, 2.75) is 13.0 Å². The van der Waals surface area contributed by atoms with Gasteiger partial charge in [0.05, 0.1) is 33.4 Å². The van der Waals surface area contributed by atoms with Gasteiger partial charge in [-0.05, 0) is 35.9 Å². The largest absolute Gasteiger partial charge is 0.494 e. The Hall–Kier alpha value is -3.66. The Morgan fingerprint density at radius 1 is 1.00 bits per heavy atom. The summed E-state index contributed by atoms with van der Waals surface area (Å²) in [5, 5.41) is 2.48. The number of nitrogens with zero attached hydrogens (tertiary/aromatic N) is 2. The third-order valence-electron chi connectivity index (χ3n) is 4.93. The number of ether oxygens (including phenoxy) is 4. The second-order valence-electron chi connectivity index (χ2n) is 7.27. The Balaban J connectivity index is 1.52. The van der Waals surface area contributed by atoms with Crippen LogP contribution in [0.5, 0.6) is 17.2 Å². The summed E-state index contributed by atoms with van der Waals surface area (Å²) in [7, 11) is 6.05. The van der Waals surface area contributed by atoms with E-state index in [1.165, 1.54) is 35.5 Å². The van der Waals surface area contributed by atoms with Crippen LogP contribution in [0.2, 0.25) is 0 Å². The van der Waals surface area contributed by atoms with Crippen molar-refractivity contribution in [3.05, 3.63) is 58.9 Å². The molecule has 180 valence electrons. The van der Waals surface area contributed by atoms with Gasteiger partial charge in [0.25, 0.3) is 5.91 Å². The molecule has 0 aliphatic heterocycles. The van der Waals surface area contributed by atoms with Gasteiger partial charge < -0.3 is 23.8 Å². The molecule has 3 aromatic rings. The molecule has 0 spiro atoms. The Morgan fingerprint density at radius 2 is 1.71 bits per heavy atom. The molecule has 0 unspecified atom stereocenters. The molecule has 1 heterocycles. The molecule has 0 saturated heterocycles. The molecule has 2 aromatic carbocycles. The number of rotatable bonds is 10. The minimum Gasteiger partial charge on any atom is -0.494 e. The van der Waals surface area contributed by atoms with Crippen molar-refractivity contribution in [1.82, 2.24) is 9.88 Å². The second-order valence-corrected chi connectivity index (χ2v) is 8.13. The molecule has 0 radical (unpaired) electrons. The fourth-order valence-electron chi connectivity index (χ4n) is 3.11. The molecule has 0 bridgehead atoms. The van der Waals surface area contributed by atoms with Crippen molar-refractivity contribution in [2.24, 2.45) is 0 Å². The molecule has 0 N–H and O–H groups in total. The minimum atomic E-state index is -0.568. The van der Waals surface area contributed by atoms with Gasteiger partial charge in [-0.25, -0.2) is 9.37 Å². The predicted molar refractivity (Wildman–Crippen MR) is 125 cm³/mol. The lowest BCUT2D eigenvalue weighted by Crippen LogP contribution is -2.31. The first-order valence-corrected chi connectivity index (χ1v) is 11.1. The van der Waals surface area contributed by atoms with Crippen LogP contribution >= 0.6 is 11.3 Å². The number of hydrogen-bond acceptors (Lipinski definition) is 8. The number of thiazole rings is 1. The van der Waals surface area contributed by atoms with Crippen LogP contribution in [-0.4, -0.2) is 56.7 Å². The molecule has 0 fully saturated rings. The maximum atomic E-state index is 13.8. The number of amides is 1. The number of aromatic nitrogens is 1. The molecular formula is C24H25FN2O6S. The zero-order valence-electron chi connectivity index (χ0n) is 19.3. The average Bonchev–Trinajstić information content (AvgIpc) is 3.30. The van der Waals surface area contributed by atoms with Crippen LogP contribution in [0.15, 0.2) is 41.8 Å². The maximum Gasteiger partial charge on any atom is 0.312 e. The van der Waals surface area contributed by atoms with Crippen LogP contribution in [-0.2, 0) is 27.3 Å². The molecule has 10 heteroatoms. The summed E-state index contributed by atoms with van der Waals surface area (Å²) in [6.45, 7) is -0.251. The van der Waals surface area contributed by atoms with E-state index >= 15 is 0 Å². The number of carbonyl (C=O) groups is 2. The topological polar surface area (TPSA) is 87.2 Å². The molecule has 1 amide bonds. The van der Waals surface area contributed by atoms with Crippen LogP contribution in [0.4, 0.5) is 4.39 Å². The number of benzene rings is 2. The minimum absolute atomic E-state index is 0.0650. The third-order valence-corrected chi connectivity index (χ3v) is 5.87. The summed E-state index contributed by atoms with van der Waals surface area (Å²) < 4.78 is 34.4. The standard InChI is InChI=1S/C24H25FN2O6S/c1-27(12-15-5-7-19(30-2)18(25)9-15)22(28)13-33-23(29)11-17-14-34-24(26-17)16-6-8-20(31-3)21(10-16)32-4/h5-10,14H,11-13H2,1-4H3. The van der Waals surface area contributed by atoms with Gasteiger partial charge in [0.15, 0.2) is 29.7 Å². The Labute approximate surface area is 200 Å². The molecule has 1 aromatic heterocycles. The van der Waals surface area contributed by atoms with E-state index in [0.29, 0.717) is 27.8 Å². The zero-order chi connectivity index (χ0) is 24.7. The van der Waals surface area contributed by atoms with E-state index in [2.05, 4.69) is 4.98 Å². The van der Waals surface area contributed by atoms with Crippen molar-refractivity contribution in [3.8, 4) is 27.8 Å². The molecule has 34 heavy (non-hydrogen) atoms. The summed E-state index contributed by atoms with van der Waals surface area (Å²) in [4.78, 5) is 30.3. The summed E-state index contributed by atoms with van der Waals surface area (Å²) >= 11 is 1.38. The molecular weight excluding hydrogens is 463 g/mol. The molecule has 8 nitrogen and oxygen atoms in total. The van der Waals surface area contributed by atoms with Crippen LogP contribution in [0.1, 0.15) is 11.3 Å². The summed E-state index contributed by atoms with van der Waals surface area (Å²) in [6, 6.07) is 9.90. The fourth-order valence-corrected chi connectivity index (χ4v) is 3.93. The third kappa shape index (κ3) is 6.22. The van der Waals surface area contributed by atoms with Crippen molar-refractivity contribution >= 4 is 23.2 Å². The number of carbonyl (C=O) groups excluding carboxylic acids is 2. The fraction of sp³-hybridized carbons (Fsp3) is 0.292. The first kappa shape index (κ1) is 25.0. The van der Waals surface area contributed by atoms with Gasteiger partial charge in [0.1, 0.15) is 5.01 Å². The lowest BCUT2D eigenvalue weighted by atomic mass is 10.2. The SMILES string of the molecule is COc1ccc(CN(C)C(=O)COC(=O)Cc2csc(-c3ccc(OC)c(OC)c3)n2)cc1F. The van der Waals surface area contributed by atoms with E-state index in [0.717, 1.165) is 5.56 Å². The van der Waals surface area contributed by atoms with E-state index < -0.39 is 24.3 Å². The highest BCUT2D eigenvalue weighted by atomic mass is 32.1. The van der Waals surface area contributed by atoms with Gasteiger partial charge in [0, 0.05) is 24.5 Å². The number of hydrogen-bond donors (Lipinski definition) is 0. The van der Waals surface area contributed by atoms with Crippen molar-refractivity contribution in [1.29, 1.82) is 0 Å². The quantitative estimate of drug-likeness (QED) is 0.402. The Morgan fingerprint density at radius 3 is 2.38 bits per heavy atom. The maximum absolute atomic E-state index is 13.8. The summed E-state index contributed by atoms with van der Waals surface area (Å²) in [5.74, 6) is -0.171. The molecule has 0 aliphatic rings. The highest BCUT2D eigenvalue weighted by molar-refractivity contribution is 7.13. The highest BCUT2D eigenvalue weighted by Crippen LogP contribution is 2.33. The van der Waals surface area contributed by atoms with Gasteiger partial charge >= 0.3 is 5.97 Å². The van der Waals surface area contributed by atoms with Crippen LogP contribution in [0.3, 0.4) is 0 Å². The van der Waals surface area contributed by atoms with Gasteiger partial charge in [-0.3, -0.25) is 9.59 Å². The summed E-state index contributed by atoms with van der Waals surface area (Å²) in [6.07, 6.45) is -0.0650. The molecule has 3 rings (SSSR count). The van der Waals surface area contributed by atoms with Gasteiger partial charge in [-0.1, -0.05) is 6.07 Å². The van der Waals surface area contributed by atoms with E-state index in [1.807, 2.05) is 12.1 Å². The summed E-state index contributed by atoms with van der Waals surface area (Å²) in [5.41, 5.74) is 1.95. The first-order valence-electron chi connectivity index (χ1n) is 10.2. The normalized spacial score (nSPS) is 10.5. The van der Waals surface area contributed by atoms with Crippen molar-refractivity contribution in [3.63, 3.8) is 0 Å². The first-order chi connectivity index (χ1) is 16.3. The number of likely N-dealkylation sites (N-methyl/N-ethyl adjacent to an activating group) is 1. The van der Waals surface area contributed by atoms with E-state index in [9.17, 15) is 14.0 Å². The van der Waals surface area contributed by atoms with Gasteiger partial charge in [0.2, 0.25) is 0 Å². The zero-order valence-corrected chi connectivity index (χ0v) is 20.1. The Bertz CT molecular complexity index is 1170. The van der Waals surface area contributed by atoms with Crippen LogP contribution < -0.4 is 14.2 Å². The lowest BCUT2D eigenvalue weighted by molar-refractivity contribution is -0.151. The number of methoxy groups -OCH3 is 3. The van der Waals surface area contributed by atoms with Gasteiger partial charge in [-0.15, -0.1) is 11.3 Å². The number of halogens is 1. The number of esters is 1.